The molecule has 3 N–H and O–H groups in total. The highest BCUT2D eigenvalue weighted by Crippen LogP contribution is 2.15. The fraction of sp³-hybridized carbons (Fsp3) is 0.185. The Morgan fingerprint density at radius 2 is 1.53 bits per heavy atom. The molecule has 0 saturated heterocycles. The van der Waals surface area contributed by atoms with E-state index in [0.29, 0.717) is 35.7 Å². The van der Waals surface area contributed by atoms with E-state index in [9.17, 15) is 14.4 Å². The molecule has 0 spiro atoms. The number of anilines is 1. The molecule has 0 radical (unpaired) electrons. The average molecular weight is 489 g/mol. The van der Waals surface area contributed by atoms with Gasteiger partial charge in [-0.3, -0.25) is 14.4 Å². The number of hydrogen-bond donors (Lipinski definition) is 3. The van der Waals surface area contributed by atoms with Crippen LogP contribution in [0.15, 0.2) is 84.0 Å². The Bertz CT molecular complexity index is 1160. The van der Waals surface area contributed by atoms with Gasteiger partial charge in [-0.2, -0.15) is 5.10 Å². The van der Waals surface area contributed by atoms with Crippen molar-refractivity contribution in [2.45, 2.75) is 12.8 Å². The Balaban J connectivity index is 1.33. The van der Waals surface area contributed by atoms with E-state index in [0.717, 1.165) is 5.56 Å². The first-order valence-electron chi connectivity index (χ1n) is 11.3. The number of hydrazone groups is 1. The van der Waals surface area contributed by atoms with Gasteiger partial charge in [0.25, 0.3) is 5.91 Å². The Hall–Kier alpha value is -4.66. The molecule has 0 atom stereocenters. The van der Waals surface area contributed by atoms with Gasteiger partial charge < -0.3 is 20.1 Å². The van der Waals surface area contributed by atoms with Crippen LogP contribution in [0.1, 0.15) is 17.5 Å². The van der Waals surface area contributed by atoms with E-state index in [4.69, 9.17) is 9.47 Å². The molecule has 186 valence electrons. The summed E-state index contributed by atoms with van der Waals surface area (Å²) in [4.78, 5) is 35.8. The second kappa shape index (κ2) is 13.9. The molecule has 36 heavy (non-hydrogen) atoms. The van der Waals surface area contributed by atoms with E-state index >= 15 is 0 Å². The molecule has 3 rings (SSSR count). The number of benzene rings is 3. The number of amides is 3. The number of nitrogens with zero attached hydrogens (tertiary/aromatic N) is 1. The lowest BCUT2D eigenvalue weighted by Gasteiger charge is -2.08. The Morgan fingerprint density at radius 1 is 0.833 bits per heavy atom. The lowest BCUT2D eigenvalue weighted by atomic mass is 10.1. The molecular weight excluding hydrogens is 460 g/mol. The molecule has 0 aliphatic carbocycles. The van der Waals surface area contributed by atoms with Crippen molar-refractivity contribution in [3.8, 4) is 11.5 Å². The summed E-state index contributed by atoms with van der Waals surface area (Å²) in [7, 11) is 1.57. The van der Waals surface area contributed by atoms with Crippen LogP contribution < -0.4 is 25.5 Å². The smallest absolute Gasteiger partial charge is 0.262 e. The highest BCUT2D eigenvalue weighted by molar-refractivity contribution is 5.97. The first-order valence-corrected chi connectivity index (χ1v) is 11.3. The predicted octanol–water partition coefficient (Wildman–Crippen LogP) is 2.91. The largest absolute Gasteiger partial charge is 0.497 e. The first kappa shape index (κ1) is 26.0. The minimum atomic E-state index is -0.508. The lowest BCUT2D eigenvalue weighted by Crippen LogP contribution is -2.31. The molecule has 9 nitrogen and oxygen atoms in total. The fourth-order valence-electron chi connectivity index (χ4n) is 3.09. The van der Waals surface area contributed by atoms with Crippen LogP contribution in [-0.2, 0) is 20.8 Å². The minimum absolute atomic E-state index is 0.150. The fourth-order valence-corrected chi connectivity index (χ4v) is 3.09. The number of nitrogens with one attached hydrogen (secondary N) is 3. The first-order chi connectivity index (χ1) is 17.5. The van der Waals surface area contributed by atoms with E-state index in [1.165, 1.54) is 6.21 Å². The van der Waals surface area contributed by atoms with Gasteiger partial charge in [-0.05, 0) is 66.1 Å². The van der Waals surface area contributed by atoms with Crippen LogP contribution >= 0.6 is 0 Å². The molecule has 0 saturated carbocycles. The summed E-state index contributed by atoms with van der Waals surface area (Å²) < 4.78 is 10.6. The maximum Gasteiger partial charge on any atom is 0.262 e. The molecule has 0 aliphatic heterocycles. The monoisotopic (exact) mass is 488 g/mol. The number of carbonyl (C=O) groups is 3. The Kier molecular flexibility index (Phi) is 10.0. The van der Waals surface area contributed by atoms with E-state index in [1.807, 2.05) is 30.3 Å². The summed E-state index contributed by atoms with van der Waals surface area (Å²) in [6, 6.07) is 23.6. The highest BCUT2D eigenvalue weighted by Gasteiger charge is 2.08. The van der Waals surface area contributed by atoms with Crippen LogP contribution in [0.25, 0.3) is 0 Å². The molecular formula is C27H28N4O5. The summed E-state index contributed by atoms with van der Waals surface area (Å²) >= 11 is 0. The third-order valence-corrected chi connectivity index (χ3v) is 4.93. The van der Waals surface area contributed by atoms with Crippen LogP contribution in [0.2, 0.25) is 0 Å². The molecule has 0 bridgehead atoms. The van der Waals surface area contributed by atoms with Gasteiger partial charge in [-0.25, -0.2) is 5.43 Å². The number of hydrogen-bond acceptors (Lipinski definition) is 6. The summed E-state index contributed by atoms with van der Waals surface area (Å²) in [6.07, 6.45) is 1.84. The number of methoxy groups -OCH3 is 1. The molecule has 3 aromatic rings. The number of ether oxygens (including phenoxy) is 2. The normalized spacial score (nSPS) is 10.5. The molecule has 9 heteroatoms. The van der Waals surface area contributed by atoms with Crippen molar-refractivity contribution in [1.29, 1.82) is 0 Å². The van der Waals surface area contributed by atoms with E-state index < -0.39 is 5.91 Å². The second-order valence-electron chi connectivity index (χ2n) is 7.69. The third-order valence-electron chi connectivity index (χ3n) is 4.93. The zero-order valence-electron chi connectivity index (χ0n) is 19.9. The van der Waals surface area contributed by atoms with Gasteiger partial charge in [0.15, 0.2) is 6.61 Å². The third kappa shape index (κ3) is 9.30. The van der Waals surface area contributed by atoms with Crippen molar-refractivity contribution in [3.63, 3.8) is 0 Å². The van der Waals surface area contributed by atoms with Gasteiger partial charge in [-0.15, -0.1) is 0 Å². The molecule has 0 fully saturated rings. The molecule has 3 amide bonds. The number of carbonyl (C=O) groups excluding carboxylic acids is 3. The van der Waals surface area contributed by atoms with Gasteiger partial charge in [0.2, 0.25) is 11.8 Å². The Morgan fingerprint density at radius 3 is 2.22 bits per heavy atom. The van der Waals surface area contributed by atoms with E-state index in [2.05, 4.69) is 21.2 Å². The van der Waals surface area contributed by atoms with Crippen LogP contribution in [0.4, 0.5) is 5.69 Å². The number of rotatable bonds is 12. The van der Waals surface area contributed by atoms with Gasteiger partial charge in [0.1, 0.15) is 17.9 Å². The van der Waals surface area contributed by atoms with Crippen LogP contribution in [0.5, 0.6) is 11.5 Å². The summed E-state index contributed by atoms with van der Waals surface area (Å²) in [5.74, 6) is 0.0424. The van der Waals surface area contributed by atoms with E-state index in [-0.39, 0.29) is 24.8 Å². The van der Waals surface area contributed by atoms with Crippen LogP contribution in [0.3, 0.4) is 0 Å². The topological polar surface area (TPSA) is 118 Å². The molecule has 0 unspecified atom stereocenters. The van der Waals surface area contributed by atoms with Crippen LogP contribution in [-0.4, -0.2) is 44.2 Å². The van der Waals surface area contributed by atoms with E-state index in [1.54, 1.807) is 55.6 Å². The molecule has 3 aromatic carbocycles. The van der Waals surface area contributed by atoms with Gasteiger partial charge in [0.05, 0.1) is 13.3 Å². The summed E-state index contributed by atoms with van der Waals surface area (Å²) in [5, 5.41) is 9.32. The molecule has 0 aliphatic rings. The van der Waals surface area contributed by atoms with Crippen molar-refractivity contribution in [1.82, 2.24) is 10.7 Å². The van der Waals surface area contributed by atoms with Gasteiger partial charge >= 0.3 is 0 Å². The molecule has 0 heterocycles. The average Bonchev–Trinajstić information content (AvgIpc) is 2.89. The minimum Gasteiger partial charge on any atom is -0.497 e. The maximum absolute atomic E-state index is 12.1. The van der Waals surface area contributed by atoms with Gasteiger partial charge in [-0.1, -0.05) is 30.3 Å². The molecule has 0 aromatic heterocycles. The zero-order valence-corrected chi connectivity index (χ0v) is 19.9. The van der Waals surface area contributed by atoms with Crippen molar-refractivity contribution in [2.24, 2.45) is 5.10 Å². The maximum atomic E-state index is 12.1. The van der Waals surface area contributed by atoms with Crippen molar-refractivity contribution < 1.29 is 23.9 Å². The van der Waals surface area contributed by atoms with Gasteiger partial charge in [0, 0.05) is 12.2 Å². The van der Waals surface area contributed by atoms with Crippen LogP contribution in [0, 0.1) is 0 Å². The van der Waals surface area contributed by atoms with Crippen molar-refractivity contribution in [3.05, 3.63) is 90.0 Å². The zero-order chi connectivity index (χ0) is 25.6. The lowest BCUT2D eigenvalue weighted by molar-refractivity contribution is -0.129. The predicted molar refractivity (Wildman–Crippen MR) is 137 cm³/mol. The summed E-state index contributed by atoms with van der Waals surface area (Å²) in [6.45, 7) is 0.305. The quantitative estimate of drug-likeness (QED) is 0.206. The van der Waals surface area contributed by atoms with Crippen molar-refractivity contribution in [2.75, 3.05) is 25.6 Å². The Labute approximate surface area is 209 Å². The second-order valence-corrected chi connectivity index (χ2v) is 7.69. The standard InChI is InChI=1S/C27H28N4O5/c1-35-23-13-9-22(10-14-23)30-27(34)19-36-24-11-7-21(8-12-24)18-29-31-26(33)17-25(32)28-16-15-20-5-3-2-4-6-20/h2-14,18H,15-17,19H2,1H3,(H,28,32)(H,30,34)(H,31,33)/b29-18+. The SMILES string of the molecule is COc1ccc(NC(=O)COc2ccc(/C=N/NC(=O)CC(=O)NCCc3ccccc3)cc2)cc1. The van der Waals surface area contributed by atoms with Crippen molar-refractivity contribution >= 4 is 29.6 Å². The summed E-state index contributed by atoms with van der Waals surface area (Å²) in [5.41, 5.74) is 4.79. The highest BCUT2D eigenvalue weighted by atomic mass is 16.5.